The van der Waals surface area contributed by atoms with Crippen LogP contribution in [0.4, 0.5) is 0 Å². The van der Waals surface area contributed by atoms with Crippen molar-refractivity contribution in [2.45, 2.75) is 19.1 Å². The normalized spacial score (nSPS) is 16.2. The van der Waals surface area contributed by atoms with Gasteiger partial charge in [0.2, 0.25) is 0 Å². The number of hydrogen-bond donors (Lipinski definition) is 0. The summed E-state index contributed by atoms with van der Waals surface area (Å²) in [6.45, 7) is 0.870. The summed E-state index contributed by atoms with van der Waals surface area (Å²) in [5, 5.41) is 0.908. The molecule has 0 fully saturated rings. The third-order valence-corrected chi connectivity index (χ3v) is 6.88. The Morgan fingerprint density at radius 3 is 2.50 bits per heavy atom. The molecule has 6 heteroatoms. The Morgan fingerprint density at radius 2 is 1.71 bits per heavy atom. The predicted molar refractivity (Wildman–Crippen MR) is 129 cm³/mol. The topological polar surface area (TPSA) is 66.8 Å². The van der Waals surface area contributed by atoms with Gasteiger partial charge in [0, 0.05) is 16.5 Å². The first-order chi connectivity index (χ1) is 16.6. The van der Waals surface area contributed by atoms with Crippen LogP contribution in [-0.4, -0.2) is 31.2 Å². The molecule has 0 amide bonds. The van der Waals surface area contributed by atoms with Gasteiger partial charge in [0.25, 0.3) is 5.56 Å². The maximum absolute atomic E-state index is 14.1. The van der Waals surface area contributed by atoms with Crippen LogP contribution >= 0.6 is 0 Å². The Labute approximate surface area is 196 Å². The lowest BCUT2D eigenvalue weighted by molar-refractivity contribution is 0.0303. The number of hydrogen-bond acceptors (Lipinski definition) is 5. The van der Waals surface area contributed by atoms with Gasteiger partial charge in [0.1, 0.15) is 6.10 Å². The van der Waals surface area contributed by atoms with Gasteiger partial charge in [-0.2, -0.15) is 0 Å². The maximum atomic E-state index is 14.1. The molecular weight excluding hydrogens is 430 g/mol. The Hall–Kier alpha value is -3.90. The third kappa shape index (κ3) is 2.85. The summed E-state index contributed by atoms with van der Waals surface area (Å²) in [4.78, 5) is 27.7. The largest absolute Gasteiger partial charge is 0.493 e. The molecule has 1 aliphatic heterocycles. The van der Waals surface area contributed by atoms with Crippen molar-refractivity contribution in [3.63, 3.8) is 0 Å². The van der Waals surface area contributed by atoms with Crippen molar-refractivity contribution in [3.8, 4) is 22.8 Å². The van der Waals surface area contributed by atoms with Crippen LogP contribution in [0.25, 0.3) is 22.0 Å². The van der Waals surface area contributed by atoms with Crippen molar-refractivity contribution in [1.29, 1.82) is 0 Å². The van der Waals surface area contributed by atoms with Crippen molar-refractivity contribution < 1.29 is 19.0 Å². The number of ketones is 1. The highest BCUT2D eigenvalue weighted by molar-refractivity contribution is 6.27. The van der Waals surface area contributed by atoms with Crippen molar-refractivity contribution in [2.75, 3.05) is 20.8 Å². The van der Waals surface area contributed by atoms with Crippen LogP contribution in [0, 0.1) is 0 Å². The highest BCUT2D eigenvalue weighted by atomic mass is 16.5. The van der Waals surface area contributed by atoms with E-state index >= 15 is 0 Å². The number of fused-ring (bicyclic) bond motifs is 6. The van der Waals surface area contributed by atoms with E-state index in [1.54, 1.807) is 16.7 Å². The molecule has 170 valence electrons. The number of nitrogens with zero attached hydrogens (tertiary/aromatic N) is 1. The molecule has 0 saturated carbocycles. The van der Waals surface area contributed by atoms with Crippen LogP contribution in [0.3, 0.4) is 0 Å². The SMILES string of the molecule is COc1ccc2c3c(n(CC4OCCc5ccccc54)c(=O)c2c1OC)-c1ccccc1C3=O. The van der Waals surface area contributed by atoms with Gasteiger partial charge in [-0.05, 0) is 29.7 Å². The summed E-state index contributed by atoms with van der Waals surface area (Å²) in [6, 6.07) is 19.1. The number of carbonyl (C=O) groups excluding carboxylic acids is 1. The maximum Gasteiger partial charge on any atom is 0.262 e. The first kappa shape index (κ1) is 20.7. The Balaban J connectivity index is 1.67. The molecule has 1 aromatic heterocycles. The van der Waals surface area contributed by atoms with E-state index in [0.29, 0.717) is 45.7 Å². The van der Waals surface area contributed by atoms with Gasteiger partial charge in [-0.25, -0.2) is 0 Å². The number of pyridine rings is 1. The van der Waals surface area contributed by atoms with Crippen LogP contribution < -0.4 is 15.0 Å². The minimum Gasteiger partial charge on any atom is -0.493 e. The fourth-order valence-electron chi connectivity index (χ4n) is 5.35. The molecule has 0 saturated heterocycles. The van der Waals surface area contributed by atoms with Gasteiger partial charge in [-0.15, -0.1) is 0 Å². The Bertz CT molecular complexity index is 1530. The molecule has 1 atom stereocenters. The molecule has 0 N–H and O–H groups in total. The lowest BCUT2D eigenvalue weighted by atomic mass is 9.96. The fraction of sp³-hybridized carbons (Fsp3) is 0.214. The number of rotatable bonds is 4. The van der Waals surface area contributed by atoms with E-state index in [4.69, 9.17) is 14.2 Å². The molecule has 0 bridgehead atoms. The van der Waals surface area contributed by atoms with E-state index in [1.807, 2.05) is 42.5 Å². The zero-order chi connectivity index (χ0) is 23.4. The number of methoxy groups -OCH3 is 2. The highest BCUT2D eigenvalue weighted by Crippen LogP contribution is 2.43. The second kappa shape index (κ2) is 7.85. The quantitative estimate of drug-likeness (QED) is 0.400. The first-order valence-corrected chi connectivity index (χ1v) is 11.3. The second-order valence-corrected chi connectivity index (χ2v) is 8.55. The predicted octanol–water partition coefficient (Wildman–Crippen LogP) is 4.54. The van der Waals surface area contributed by atoms with Gasteiger partial charge < -0.3 is 18.8 Å². The molecule has 6 rings (SSSR count). The molecule has 34 heavy (non-hydrogen) atoms. The molecule has 2 aliphatic rings. The van der Waals surface area contributed by atoms with Crippen LogP contribution in [0.5, 0.6) is 11.5 Å². The van der Waals surface area contributed by atoms with E-state index in [9.17, 15) is 9.59 Å². The smallest absolute Gasteiger partial charge is 0.262 e. The van der Waals surface area contributed by atoms with Crippen LogP contribution in [0.15, 0.2) is 65.5 Å². The second-order valence-electron chi connectivity index (χ2n) is 8.55. The molecule has 1 unspecified atom stereocenters. The van der Waals surface area contributed by atoms with E-state index < -0.39 is 0 Å². The molecule has 4 aromatic rings. The number of carbonyl (C=O) groups is 1. The van der Waals surface area contributed by atoms with Crippen LogP contribution in [0.2, 0.25) is 0 Å². The van der Waals surface area contributed by atoms with Crippen molar-refractivity contribution in [1.82, 2.24) is 4.57 Å². The molecule has 0 radical (unpaired) electrons. The summed E-state index contributed by atoms with van der Waals surface area (Å²) in [6.07, 6.45) is 0.535. The number of benzene rings is 3. The van der Waals surface area contributed by atoms with E-state index in [2.05, 4.69) is 6.07 Å². The summed E-state index contributed by atoms with van der Waals surface area (Å²) in [7, 11) is 3.04. The van der Waals surface area contributed by atoms with Crippen molar-refractivity contribution in [3.05, 3.63) is 93.3 Å². The van der Waals surface area contributed by atoms with Crippen LogP contribution in [-0.2, 0) is 17.7 Å². The zero-order valence-electron chi connectivity index (χ0n) is 19.0. The summed E-state index contributed by atoms with van der Waals surface area (Å²) in [5.74, 6) is 0.678. The van der Waals surface area contributed by atoms with E-state index in [1.165, 1.54) is 19.8 Å². The molecule has 6 nitrogen and oxygen atoms in total. The van der Waals surface area contributed by atoms with Crippen molar-refractivity contribution in [2.24, 2.45) is 0 Å². The standard InChI is InChI=1S/C28H23NO5/c1-32-21-12-11-20-23-25(18-9-5-6-10-19(18)26(23)30)29(28(31)24(20)27(21)33-2)15-22-17-8-4-3-7-16(17)13-14-34-22/h3-12,22H,13-15H2,1-2H3. The summed E-state index contributed by atoms with van der Waals surface area (Å²) in [5.41, 5.74) is 4.57. The first-order valence-electron chi connectivity index (χ1n) is 11.3. The molecule has 2 heterocycles. The highest BCUT2D eigenvalue weighted by Gasteiger charge is 2.35. The van der Waals surface area contributed by atoms with Crippen LogP contribution in [0.1, 0.15) is 33.2 Å². The monoisotopic (exact) mass is 453 g/mol. The lowest BCUT2D eigenvalue weighted by Crippen LogP contribution is -2.29. The van der Waals surface area contributed by atoms with Gasteiger partial charge in [-0.1, -0.05) is 48.5 Å². The fourth-order valence-corrected chi connectivity index (χ4v) is 5.35. The summed E-state index contributed by atoms with van der Waals surface area (Å²) < 4.78 is 18.9. The number of ether oxygens (including phenoxy) is 3. The average Bonchev–Trinajstić information content (AvgIpc) is 3.18. The Kier molecular flexibility index (Phi) is 4.78. The van der Waals surface area contributed by atoms with Crippen molar-refractivity contribution >= 4 is 16.6 Å². The van der Waals surface area contributed by atoms with Gasteiger partial charge in [0.05, 0.1) is 44.0 Å². The third-order valence-electron chi connectivity index (χ3n) is 6.88. The van der Waals surface area contributed by atoms with E-state index in [0.717, 1.165) is 17.5 Å². The molecule has 3 aromatic carbocycles. The number of aromatic nitrogens is 1. The molecule has 0 spiro atoms. The summed E-state index contributed by atoms with van der Waals surface area (Å²) >= 11 is 0. The van der Waals surface area contributed by atoms with Gasteiger partial charge in [0.15, 0.2) is 17.3 Å². The zero-order valence-corrected chi connectivity index (χ0v) is 19.0. The lowest BCUT2D eigenvalue weighted by Gasteiger charge is -2.28. The average molecular weight is 453 g/mol. The molecule has 1 aliphatic carbocycles. The Morgan fingerprint density at radius 1 is 0.941 bits per heavy atom. The van der Waals surface area contributed by atoms with Gasteiger partial charge >= 0.3 is 0 Å². The van der Waals surface area contributed by atoms with Gasteiger partial charge in [-0.3, -0.25) is 9.59 Å². The molecular formula is C28H23NO5. The minimum absolute atomic E-state index is 0.0958. The van der Waals surface area contributed by atoms with E-state index in [-0.39, 0.29) is 24.0 Å². The minimum atomic E-state index is -0.302.